The lowest BCUT2D eigenvalue weighted by molar-refractivity contribution is -0.384. The van der Waals surface area contributed by atoms with E-state index < -0.39 is 4.92 Å². The van der Waals surface area contributed by atoms with E-state index in [1.807, 2.05) is 25.4 Å². The summed E-state index contributed by atoms with van der Waals surface area (Å²) in [7, 11) is 2.00. The molecule has 0 bridgehead atoms. The molecule has 7 nitrogen and oxygen atoms in total. The summed E-state index contributed by atoms with van der Waals surface area (Å²) in [6, 6.07) is 11.8. The maximum absolute atomic E-state index is 12.6. The average molecular weight is 336 g/mol. The van der Waals surface area contributed by atoms with E-state index in [1.54, 1.807) is 17.0 Å². The van der Waals surface area contributed by atoms with Crippen LogP contribution in [0.5, 0.6) is 0 Å². The summed E-state index contributed by atoms with van der Waals surface area (Å²) in [5, 5.41) is 14.7. The van der Waals surface area contributed by atoms with Crippen LogP contribution in [0.3, 0.4) is 0 Å². The summed E-state index contributed by atoms with van der Waals surface area (Å²) < 4.78 is 2.06. The van der Waals surface area contributed by atoms with Gasteiger partial charge in [0.15, 0.2) is 0 Å². The molecule has 0 radical (unpaired) electrons. The molecule has 1 aromatic heterocycles. The van der Waals surface area contributed by atoms with Gasteiger partial charge < -0.3 is 9.88 Å². The van der Waals surface area contributed by atoms with Crippen LogP contribution in [0, 0.1) is 10.1 Å². The normalized spacial score (nSPS) is 13.1. The maximum atomic E-state index is 12.6. The highest BCUT2D eigenvalue weighted by molar-refractivity contribution is 6.04. The molecule has 25 heavy (non-hydrogen) atoms. The Kier molecular flexibility index (Phi) is 3.42. The Balaban J connectivity index is 1.62. The quantitative estimate of drug-likeness (QED) is 0.572. The zero-order chi connectivity index (χ0) is 17.6. The third kappa shape index (κ3) is 2.59. The molecule has 1 aliphatic rings. The van der Waals surface area contributed by atoms with Gasteiger partial charge in [-0.05, 0) is 36.2 Å². The topological polar surface area (TPSA) is 80.4 Å². The van der Waals surface area contributed by atoms with Crippen molar-refractivity contribution in [1.82, 2.24) is 4.57 Å². The number of carbonyl (C=O) groups is 1. The molecule has 1 N–H and O–H groups in total. The van der Waals surface area contributed by atoms with Gasteiger partial charge in [0.1, 0.15) is 0 Å². The van der Waals surface area contributed by atoms with E-state index in [0.29, 0.717) is 12.2 Å². The van der Waals surface area contributed by atoms with Crippen LogP contribution in [0.2, 0.25) is 0 Å². The Labute approximate surface area is 143 Å². The molecular formula is C18H16N4O3. The van der Waals surface area contributed by atoms with Crippen LogP contribution in [0.25, 0.3) is 10.9 Å². The molecule has 2 heterocycles. The maximum Gasteiger partial charge on any atom is 0.326 e. The number of urea groups is 1. The number of rotatable bonds is 2. The molecule has 4 rings (SSSR count). The summed E-state index contributed by atoms with van der Waals surface area (Å²) in [5.41, 5.74) is 3.52. The number of aryl methyl sites for hydroxylation is 1. The van der Waals surface area contributed by atoms with Crippen LogP contribution in [-0.2, 0) is 13.5 Å². The number of non-ortho nitro benzene ring substituents is 1. The number of aromatic nitrogens is 1. The molecule has 126 valence electrons. The molecular weight excluding hydrogens is 320 g/mol. The predicted molar refractivity (Wildman–Crippen MR) is 96.1 cm³/mol. The van der Waals surface area contributed by atoms with Crippen molar-refractivity contribution in [2.75, 3.05) is 16.8 Å². The zero-order valence-electron chi connectivity index (χ0n) is 13.6. The molecule has 1 aliphatic heterocycles. The number of amides is 2. The average Bonchev–Trinajstić information content (AvgIpc) is 3.17. The fraction of sp³-hybridized carbons (Fsp3) is 0.167. The first kappa shape index (κ1) is 15.2. The van der Waals surface area contributed by atoms with E-state index in [2.05, 4.69) is 16.0 Å². The van der Waals surface area contributed by atoms with Gasteiger partial charge >= 0.3 is 6.03 Å². The molecule has 7 heteroatoms. The monoisotopic (exact) mass is 336 g/mol. The van der Waals surface area contributed by atoms with Gasteiger partial charge in [-0.2, -0.15) is 0 Å². The lowest BCUT2D eigenvalue weighted by Crippen LogP contribution is -2.33. The highest BCUT2D eigenvalue weighted by Gasteiger charge is 2.26. The molecule has 0 saturated heterocycles. The Morgan fingerprint density at radius 2 is 2.08 bits per heavy atom. The van der Waals surface area contributed by atoms with Crippen LogP contribution >= 0.6 is 0 Å². The summed E-state index contributed by atoms with van der Waals surface area (Å²) in [6.07, 6.45) is 2.78. The first-order valence-corrected chi connectivity index (χ1v) is 7.94. The number of nitro groups is 1. The van der Waals surface area contributed by atoms with Crippen molar-refractivity contribution >= 4 is 34.0 Å². The summed E-state index contributed by atoms with van der Waals surface area (Å²) >= 11 is 0. The fourth-order valence-corrected chi connectivity index (χ4v) is 3.25. The van der Waals surface area contributed by atoms with Gasteiger partial charge in [-0.15, -0.1) is 0 Å². The predicted octanol–water partition coefficient (Wildman–Crippen LogP) is 3.68. The Morgan fingerprint density at radius 1 is 1.24 bits per heavy atom. The molecule has 3 aromatic rings. The molecule has 0 fully saturated rings. The van der Waals surface area contributed by atoms with Gasteiger partial charge in [-0.1, -0.05) is 6.07 Å². The van der Waals surface area contributed by atoms with Gasteiger partial charge in [0.25, 0.3) is 5.69 Å². The Morgan fingerprint density at radius 3 is 2.88 bits per heavy atom. The van der Waals surface area contributed by atoms with Crippen LogP contribution in [0.4, 0.5) is 21.9 Å². The first-order chi connectivity index (χ1) is 12.0. The first-order valence-electron chi connectivity index (χ1n) is 7.94. The second-order valence-corrected chi connectivity index (χ2v) is 6.11. The van der Waals surface area contributed by atoms with Gasteiger partial charge in [-0.3, -0.25) is 15.0 Å². The molecule has 0 spiro atoms. The van der Waals surface area contributed by atoms with Crippen LogP contribution in [-0.4, -0.2) is 22.1 Å². The number of nitro benzene ring substituents is 1. The summed E-state index contributed by atoms with van der Waals surface area (Å²) in [5.74, 6) is 0. The molecule has 0 unspecified atom stereocenters. The molecule has 0 atom stereocenters. The van der Waals surface area contributed by atoms with Crippen molar-refractivity contribution < 1.29 is 9.72 Å². The largest absolute Gasteiger partial charge is 0.351 e. The van der Waals surface area contributed by atoms with Crippen LogP contribution in [0.15, 0.2) is 48.7 Å². The fourth-order valence-electron chi connectivity index (χ4n) is 3.25. The van der Waals surface area contributed by atoms with Crippen molar-refractivity contribution in [3.8, 4) is 0 Å². The minimum Gasteiger partial charge on any atom is -0.351 e. The Hall–Kier alpha value is -3.35. The van der Waals surface area contributed by atoms with E-state index in [9.17, 15) is 14.9 Å². The van der Waals surface area contributed by atoms with Crippen molar-refractivity contribution in [3.63, 3.8) is 0 Å². The van der Waals surface area contributed by atoms with E-state index >= 15 is 0 Å². The number of hydrogen-bond donors (Lipinski definition) is 1. The summed E-state index contributed by atoms with van der Waals surface area (Å²) in [4.78, 5) is 24.7. The van der Waals surface area contributed by atoms with E-state index in [-0.39, 0.29) is 11.7 Å². The minimum absolute atomic E-state index is 0.0504. The van der Waals surface area contributed by atoms with Crippen molar-refractivity contribution in [2.45, 2.75) is 6.42 Å². The molecule has 2 amide bonds. The SMILES string of the molecule is Cn1ccc2cc3c(cc21)CCN3C(=O)Nc1cccc([N+](=O)[O-])c1. The molecule has 2 aromatic carbocycles. The lowest BCUT2D eigenvalue weighted by atomic mass is 10.1. The Bertz CT molecular complexity index is 1010. The lowest BCUT2D eigenvalue weighted by Gasteiger charge is -2.18. The van der Waals surface area contributed by atoms with Crippen molar-refractivity contribution in [3.05, 3.63) is 64.3 Å². The third-order valence-corrected chi connectivity index (χ3v) is 4.53. The van der Waals surface area contributed by atoms with Gasteiger partial charge in [0.2, 0.25) is 0 Å². The summed E-state index contributed by atoms with van der Waals surface area (Å²) in [6.45, 7) is 0.590. The van der Waals surface area contributed by atoms with Crippen molar-refractivity contribution in [2.24, 2.45) is 7.05 Å². The number of nitrogens with zero attached hydrogens (tertiary/aromatic N) is 3. The highest BCUT2D eigenvalue weighted by Crippen LogP contribution is 2.33. The number of anilines is 2. The van der Waals surface area contributed by atoms with Crippen molar-refractivity contribution in [1.29, 1.82) is 0 Å². The van der Waals surface area contributed by atoms with E-state index in [0.717, 1.165) is 28.6 Å². The number of nitrogens with one attached hydrogen (secondary N) is 1. The zero-order valence-corrected chi connectivity index (χ0v) is 13.6. The highest BCUT2D eigenvalue weighted by atomic mass is 16.6. The van der Waals surface area contributed by atoms with Crippen LogP contribution < -0.4 is 10.2 Å². The smallest absolute Gasteiger partial charge is 0.326 e. The third-order valence-electron chi connectivity index (χ3n) is 4.53. The van der Waals surface area contributed by atoms with E-state index in [4.69, 9.17) is 0 Å². The van der Waals surface area contributed by atoms with E-state index in [1.165, 1.54) is 12.1 Å². The minimum atomic E-state index is -0.479. The number of benzene rings is 2. The molecule has 0 saturated carbocycles. The number of fused-ring (bicyclic) bond motifs is 2. The standard InChI is InChI=1S/C18H16N4O3/c1-20-7-5-12-10-17-13(9-16(12)20)6-8-21(17)18(23)19-14-3-2-4-15(11-14)22(24)25/h2-5,7,9-11H,6,8H2,1H3,(H,19,23). The van der Waals surface area contributed by atoms with Gasteiger partial charge in [0.05, 0.1) is 4.92 Å². The van der Waals surface area contributed by atoms with Gasteiger partial charge in [-0.25, -0.2) is 4.79 Å². The molecule has 0 aliphatic carbocycles. The van der Waals surface area contributed by atoms with Gasteiger partial charge in [0, 0.05) is 54.2 Å². The van der Waals surface area contributed by atoms with Crippen LogP contribution in [0.1, 0.15) is 5.56 Å². The number of hydrogen-bond acceptors (Lipinski definition) is 3. The second-order valence-electron chi connectivity index (χ2n) is 6.11. The second kappa shape index (κ2) is 5.62. The number of carbonyl (C=O) groups excluding carboxylic acids is 1.